The van der Waals surface area contributed by atoms with Gasteiger partial charge in [-0.3, -0.25) is 14.6 Å². The molecule has 4 rings (SSSR count). The Kier molecular flexibility index (Phi) is 9.54. The number of piperidine rings is 1. The Hall–Kier alpha value is -3.34. The number of hydrogen-bond acceptors (Lipinski definition) is 8. The van der Waals surface area contributed by atoms with Crippen molar-refractivity contribution in [2.45, 2.75) is 38.7 Å². The number of halogens is 6. The third-order valence-corrected chi connectivity index (χ3v) is 6.04. The van der Waals surface area contributed by atoms with Crippen LogP contribution in [-0.4, -0.2) is 79.9 Å². The Morgan fingerprint density at radius 2 is 1.57 bits per heavy atom. The largest absolute Gasteiger partial charge is 0.490 e. The minimum atomic E-state index is -5.08. The molecule has 2 saturated heterocycles. The van der Waals surface area contributed by atoms with E-state index < -0.39 is 24.3 Å². The number of aliphatic carboxylic acids is 2. The average molecular weight is 557 g/mol. The summed E-state index contributed by atoms with van der Waals surface area (Å²) < 4.78 is 63.5. The smallest absolute Gasteiger partial charge is 0.475 e. The molecule has 0 radical (unpaired) electrons. The fourth-order valence-electron chi connectivity index (χ4n) is 3.59. The van der Waals surface area contributed by atoms with Crippen molar-refractivity contribution in [3.05, 3.63) is 34.5 Å². The molecule has 0 bridgehead atoms. The Bertz CT molecular complexity index is 1070. The quantitative estimate of drug-likeness (QED) is 0.431. The second-order valence-electron chi connectivity index (χ2n) is 7.99. The number of aromatic nitrogens is 3. The number of anilines is 1. The zero-order valence-corrected chi connectivity index (χ0v) is 19.9. The Morgan fingerprint density at radius 1 is 1.03 bits per heavy atom. The van der Waals surface area contributed by atoms with Gasteiger partial charge in [0.2, 0.25) is 11.9 Å². The first-order valence-electron chi connectivity index (χ1n) is 10.4. The van der Waals surface area contributed by atoms with Crippen molar-refractivity contribution in [1.82, 2.24) is 19.9 Å². The third-order valence-electron chi connectivity index (χ3n) is 5.14. The van der Waals surface area contributed by atoms with E-state index in [1.54, 1.807) is 34.7 Å². The lowest BCUT2D eigenvalue weighted by atomic mass is 9.72. The number of aryl methyl sites for hydroxylation is 1. The van der Waals surface area contributed by atoms with Crippen molar-refractivity contribution in [2.24, 2.45) is 5.41 Å². The lowest BCUT2D eigenvalue weighted by Gasteiger charge is -2.52. The number of rotatable bonds is 3. The van der Waals surface area contributed by atoms with Crippen LogP contribution < -0.4 is 4.90 Å². The number of amides is 1. The molecule has 2 aliphatic rings. The fourth-order valence-corrected chi connectivity index (χ4v) is 4.43. The van der Waals surface area contributed by atoms with E-state index >= 15 is 0 Å². The minimum absolute atomic E-state index is 0.175. The predicted octanol–water partition coefficient (Wildman–Crippen LogP) is 3.14. The van der Waals surface area contributed by atoms with Crippen LogP contribution in [0, 0.1) is 12.3 Å². The van der Waals surface area contributed by atoms with Crippen LogP contribution in [-0.2, 0) is 20.9 Å². The summed E-state index contributed by atoms with van der Waals surface area (Å²) in [6.07, 6.45) is -2.83. The zero-order valence-electron chi connectivity index (χ0n) is 19.1. The van der Waals surface area contributed by atoms with Crippen LogP contribution in [0.4, 0.5) is 32.3 Å². The maximum absolute atomic E-state index is 12.8. The van der Waals surface area contributed by atoms with Crippen LogP contribution in [0.3, 0.4) is 0 Å². The molecule has 1 atom stereocenters. The highest BCUT2D eigenvalue weighted by molar-refractivity contribution is 7.11. The molecule has 2 N–H and O–H groups in total. The average Bonchev–Trinajstić information content (AvgIpc) is 3.22. The van der Waals surface area contributed by atoms with Gasteiger partial charge in [-0.1, -0.05) is 0 Å². The van der Waals surface area contributed by atoms with Gasteiger partial charge in [0.15, 0.2) is 0 Å². The molecular formula is C20H21F6N5O5S. The van der Waals surface area contributed by atoms with Gasteiger partial charge in [-0.2, -0.15) is 26.3 Å². The fraction of sp³-hybridized carbons (Fsp3) is 0.500. The second-order valence-corrected chi connectivity index (χ2v) is 9.31. The molecule has 1 unspecified atom stereocenters. The molecule has 10 nitrogen and oxygen atoms in total. The van der Waals surface area contributed by atoms with Crippen molar-refractivity contribution >= 4 is 35.1 Å². The normalized spacial score (nSPS) is 19.8. The summed E-state index contributed by atoms with van der Waals surface area (Å²) >= 11 is 1.74. The Morgan fingerprint density at radius 3 is 2.00 bits per heavy atom. The summed E-state index contributed by atoms with van der Waals surface area (Å²) in [4.78, 5) is 48.6. The predicted molar refractivity (Wildman–Crippen MR) is 116 cm³/mol. The second kappa shape index (κ2) is 11.8. The number of carboxylic acids is 2. The van der Waals surface area contributed by atoms with E-state index in [4.69, 9.17) is 19.8 Å². The number of carboxylic acid groups (broad SMARTS) is 2. The standard InChI is InChI=1S/C16H19N5OS.2C2HF3O2/c1-12-19-8-13(23-12)9-20-7-2-4-16(10-20)11-21(14(16)22)15-17-5-3-6-18-15;2*3-2(4,5)1(6)7/h3,5-6,8H,2,4,7,9-11H2,1H3;2*(H,6,7). The highest BCUT2D eigenvalue weighted by Crippen LogP contribution is 2.42. The molecule has 2 aromatic rings. The van der Waals surface area contributed by atoms with Gasteiger partial charge in [0.25, 0.3) is 0 Å². The molecule has 204 valence electrons. The third kappa shape index (κ3) is 8.34. The van der Waals surface area contributed by atoms with E-state index in [2.05, 4.69) is 19.9 Å². The van der Waals surface area contributed by atoms with Gasteiger partial charge in [-0.25, -0.2) is 24.5 Å². The number of alkyl halides is 6. The summed E-state index contributed by atoms with van der Waals surface area (Å²) in [7, 11) is 0. The van der Waals surface area contributed by atoms with Crippen LogP contribution in [0.15, 0.2) is 24.7 Å². The van der Waals surface area contributed by atoms with Crippen molar-refractivity contribution in [3.8, 4) is 0 Å². The molecule has 0 aliphatic carbocycles. The van der Waals surface area contributed by atoms with E-state index in [9.17, 15) is 31.1 Å². The number of carbonyl (C=O) groups is 3. The SMILES string of the molecule is Cc1ncc(CN2CCCC3(C2)CN(c2ncccn2)C3=O)s1.O=C(O)C(F)(F)F.O=C(O)C(F)(F)F. The first kappa shape index (κ1) is 29.9. The van der Waals surface area contributed by atoms with Crippen molar-refractivity contribution in [3.63, 3.8) is 0 Å². The molecule has 4 heterocycles. The minimum Gasteiger partial charge on any atom is -0.475 e. The molecule has 37 heavy (non-hydrogen) atoms. The Balaban J connectivity index is 0.000000286. The van der Waals surface area contributed by atoms with Crippen LogP contribution in [0.5, 0.6) is 0 Å². The Labute approximate surface area is 209 Å². The molecule has 1 spiro atoms. The number of carbonyl (C=O) groups excluding carboxylic acids is 1. The number of likely N-dealkylation sites (tertiary alicyclic amines) is 1. The lowest BCUT2D eigenvalue weighted by molar-refractivity contribution is -0.193. The molecule has 2 aromatic heterocycles. The van der Waals surface area contributed by atoms with Crippen LogP contribution in [0.1, 0.15) is 22.7 Å². The molecule has 1 amide bonds. The lowest BCUT2D eigenvalue weighted by Crippen LogP contribution is -2.67. The summed E-state index contributed by atoms with van der Waals surface area (Å²) in [6.45, 7) is 5.52. The molecule has 17 heteroatoms. The van der Waals surface area contributed by atoms with Gasteiger partial charge in [-0.15, -0.1) is 11.3 Å². The van der Waals surface area contributed by atoms with Gasteiger partial charge in [-0.05, 0) is 32.4 Å². The highest BCUT2D eigenvalue weighted by Gasteiger charge is 2.55. The van der Waals surface area contributed by atoms with E-state index in [-0.39, 0.29) is 11.3 Å². The maximum Gasteiger partial charge on any atom is 0.490 e. The van der Waals surface area contributed by atoms with Gasteiger partial charge in [0.1, 0.15) is 0 Å². The van der Waals surface area contributed by atoms with Crippen molar-refractivity contribution in [2.75, 3.05) is 24.5 Å². The van der Waals surface area contributed by atoms with Crippen LogP contribution in [0.2, 0.25) is 0 Å². The highest BCUT2D eigenvalue weighted by atomic mass is 32.1. The van der Waals surface area contributed by atoms with Crippen molar-refractivity contribution in [1.29, 1.82) is 0 Å². The molecular weight excluding hydrogens is 536 g/mol. The van der Waals surface area contributed by atoms with Gasteiger partial charge >= 0.3 is 24.3 Å². The molecule has 2 aliphatic heterocycles. The van der Waals surface area contributed by atoms with Crippen LogP contribution >= 0.6 is 11.3 Å². The monoisotopic (exact) mass is 557 g/mol. The number of hydrogen-bond donors (Lipinski definition) is 2. The number of β-lactam (4-membered cyclic amide) rings is 1. The summed E-state index contributed by atoms with van der Waals surface area (Å²) in [6, 6.07) is 1.77. The molecule has 2 fully saturated rings. The first-order valence-corrected chi connectivity index (χ1v) is 11.2. The first-order chi connectivity index (χ1) is 17.0. The zero-order chi connectivity index (χ0) is 28.0. The number of thiazole rings is 1. The molecule has 0 aromatic carbocycles. The van der Waals surface area contributed by atoms with Gasteiger partial charge in [0.05, 0.1) is 10.4 Å². The summed E-state index contributed by atoms with van der Waals surface area (Å²) in [5.74, 6) is -4.81. The topological polar surface area (TPSA) is 137 Å². The summed E-state index contributed by atoms with van der Waals surface area (Å²) in [5.41, 5.74) is -0.239. The van der Waals surface area contributed by atoms with E-state index in [0.29, 0.717) is 5.95 Å². The van der Waals surface area contributed by atoms with E-state index in [1.807, 2.05) is 13.1 Å². The van der Waals surface area contributed by atoms with Gasteiger partial charge < -0.3 is 10.2 Å². The maximum atomic E-state index is 12.8. The molecule has 0 saturated carbocycles. The van der Waals surface area contributed by atoms with E-state index in [1.165, 1.54) is 4.88 Å². The van der Waals surface area contributed by atoms with Crippen molar-refractivity contribution < 1.29 is 50.9 Å². The number of nitrogens with zero attached hydrogens (tertiary/aromatic N) is 5. The van der Waals surface area contributed by atoms with Crippen LogP contribution in [0.25, 0.3) is 0 Å². The summed E-state index contributed by atoms with van der Waals surface area (Å²) in [5, 5.41) is 15.3. The van der Waals surface area contributed by atoms with E-state index in [0.717, 1.165) is 44.0 Å². The van der Waals surface area contributed by atoms with Gasteiger partial charge in [0, 0.05) is 43.1 Å².